The normalized spacial score (nSPS) is 16.5. The number of methoxy groups -OCH3 is 3. The average molecular weight is 313 g/mol. The third kappa shape index (κ3) is 2.95. The van der Waals surface area contributed by atoms with E-state index in [4.69, 9.17) is 19.0 Å². The summed E-state index contributed by atoms with van der Waals surface area (Å²) in [5, 5.41) is 4.25. The van der Waals surface area contributed by atoms with Gasteiger partial charge in [0, 0.05) is 18.6 Å². The Morgan fingerprint density at radius 3 is 2.17 bits per heavy atom. The monoisotopic (exact) mass is 313 g/mol. The molecule has 0 saturated heterocycles. The van der Waals surface area contributed by atoms with Gasteiger partial charge in [0.15, 0.2) is 6.10 Å². The van der Waals surface area contributed by atoms with E-state index in [9.17, 15) is 0 Å². The summed E-state index contributed by atoms with van der Waals surface area (Å²) in [6, 6.07) is 13.7. The quantitative estimate of drug-likeness (QED) is 0.846. The Hall–Kier alpha value is -2.69. The maximum Gasteiger partial charge on any atom is 0.158 e. The van der Waals surface area contributed by atoms with Gasteiger partial charge in [-0.3, -0.25) is 0 Å². The molecule has 2 aromatic rings. The first-order valence-corrected chi connectivity index (χ1v) is 7.34. The van der Waals surface area contributed by atoms with E-state index in [2.05, 4.69) is 5.16 Å². The fourth-order valence-electron chi connectivity index (χ4n) is 2.66. The number of nitrogens with zero attached hydrogens (tertiary/aromatic N) is 1. The lowest BCUT2D eigenvalue weighted by Crippen LogP contribution is -2.06. The second-order valence-corrected chi connectivity index (χ2v) is 5.15. The minimum absolute atomic E-state index is 0.0947. The second kappa shape index (κ2) is 6.60. The number of hydrogen-bond donors (Lipinski definition) is 0. The Balaban J connectivity index is 1.93. The van der Waals surface area contributed by atoms with Gasteiger partial charge in [-0.15, -0.1) is 0 Å². The van der Waals surface area contributed by atoms with Gasteiger partial charge in [-0.2, -0.15) is 0 Å². The second-order valence-electron chi connectivity index (χ2n) is 5.15. The number of oxime groups is 1. The Kier molecular flexibility index (Phi) is 4.37. The van der Waals surface area contributed by atoms with E-state index in [1.165, 1.54) is 0 Å². The summed E-state index contributed by atoms with van der Waals surface area (Å²) < 4.78 is 16.3. The highest BCUT2D eigenvalue weighted by Gasteiger charge is 2.28. The molecule has 1 atom stereocenters. The van der Waals surface area contributed by atoms with Gasteiger partial charge in [-0.25, -0.2) is 0 Å². The molecular weight excluding hydrogens is 294 g/mol. The van der Waals surface area contributed by atoms with Crippen LogP contribution in [0.4, 0.5) is 0 Å². The Morgan fingerprint density at radius 1 is 0.957 bits per heavy atom. The maximum atomic E-state index is 5.61. The molecule has 1 heterocycles. The number of benzene rings is 2. The smallest absolute Gasteiger partial charge is 0.158 e. The van der Waals surface area contributed by atoms with E-state index in [0.717, 1.165) is 16.8 Å². The fraction of sp³-hybridized carbons (Fsp3) is 0.278. The van der Waals surface area contributed by atoms with Crippen molar-refractivity contribution in [2.75, 3.05) is 21.3 Å². The molecule has 5 heteroatoms. The van der Waals surface area contributed by atoms with Gasteiger partial charge in [0.05, 0.1) is 32.6 Å². The lowest BCUT2D eigenvalue weighted by atomic mass is 9.99. The van der Waals surface area contributed by atoms with Crippen LogP contribution in [0, 0.1) is 0 Å². The predicted molar refractivity (Wildman–Crippen MR) is 87.5 cm³/mol. The van der Waals surface area contributed by atoms with Crippen molar-refractivity contribution in [3.8, 4) is 17.2 Å². The van der Waals surface area contributed by atoms with Gasteiger partial charge in [-0.05, 0) is 5.56 Å². The van der Waals surface area contributed by atoms with Crippen molar-refractivity contribution in [2.24, 2.45) is 5.16 Å². The van der Waals surface area contributed by atoms with Crippen molar-refractivity contribution in [2.45, 2.75) is 12.5 Å². The van der Waals surface area contributed by atoms with Crippen LogP contribution in [0.2, 0.25) is 0 Å². The van der Waals surface area contributed by atoms with E-state index in [-0.39, 0.29) is 6.10 Å². The first kappa shape index (κ1) is 15.2. The topological polar surface area (TPSA) is 49.3 Å². The summed E-state index contributed by atoms with van der Waals surface area (Å²) in [5.41, 5.74) is 2.70. The molecule has 0 bridgehead atoms. The van der Waals surface area contributed by atoms with Gasteiger partial charge in [0.2, 0.25) is 0 Å². The van der Waals surface area contributed by atoms with Crippen molar-refractivity contribution < 1.29 is 19.0 Å². The molecule has 0 aliphatic carbocycles. The molecule has 0 radical (unpaired) electrons. The Morgan fingerprint density at radius 2 is 1.61 bits per heavy atom. The van der Waals surface area contributed by atoms with Crippen LogP contribution in [0.15, 0.2) is 47.6 Å². The lowest BCUT2D eigenvalue weighted by molar-refractivity contribution is 0.0857. The van der Waals surface area contributed by atoms with Crippen LogP contribution in [-0.4, -0.2) is 27.0 Å². The van der Waals surface area contributed by atoms with Crippen molar-refractivity contribution >= 4 is 5.71 Å². The molecule has 0 amide bonds. The van der Waals surface area contributed by atoms with Crippen LogP contribution >= 0.6 is 0 Å². The number of ether oxygens (including phenoxy) is 3. The molecule has 0 spiro atoms. The van der Waals surface area contributed by atoms with Gasteiger partial charge >= 0.3 is 0 Å². The average Bonchev–Trinajstić information content (AvgIpc) is 3.10. The van der Waals surface area contributed by atoms with Crippen LogP contribution in [0.25, 0.3) is 0 Å². The van der Waals surface area contributed by atoms with Crippen LogP contribution in [0.3, 0.4) is 0 Å². The van der Waals surface area contributed by atoms with Gasteiger partial charge in [-0.1, -0.05) is 35.5 Å². The highest BCUT2D eigenvalue weighted by Crippen LogP contribution is 2.39. The summed E-state index contributed by atoms with van der Waals surface area (Å²) in [6.45, 7) is 0. The third-order valence-electron chi connectivity index (χ3n) is 3.84. The van der Waals surface area contributed by atoms with Gasteiger partial charge in [0.25, 0.3) is 0 Å². The molecule has 0 saturated carbocycles. The third-order valence-corrected chi connectivity index (χ3v) is 3.84. The molecule has 1 unspecified atom stereocenters. The SMILES string of the molecule is COc1cc(OC)c(C2=NOC(c3ccccc3)C2)c(OC)c1. The highest BCUT2D eigenvalue weighted by molar-refractivity contribution is 6.06. The van der Waals surface area contributed by atoms with Crippen molar-refractivity contribution in [3.63, 3.8) is 0 Å². The first-order chi connectivity index (χ1) is 11.3. The molecule has 1 aliphatic heterocycles. The van der Waals surface area contributed by atoms with Crippen LogP contribution in [0.1, 0.15) is 23.7 Å². The summed E-state index contributed by atoms with van der Waals surface area (Å²) in [7, 11) is 4.83. The van der Waals surface area contributed by atoms with E-state index in [0.29, 0.717) is 23.7 Å². The molecule has 23 heavy (non-hydrogen) atoms. The van der Waals surface area contributed by atoms with E-state index < -0.39 is 0 Å². The summed E-state index contributed by atoms with van der Waals surface area (Å²) in [5.74, 6) is 1.97. The van der Waals surface area contributed by atoms with Gasteiger partial charge in [0.1, 0.15) is 17.2 Å². The van der Waals surface area contributed by atoms with Crippen LogP contribution in [0.5, 0.6) is 17.2 Å². The molecule has 1 aliphatic rings. The Bertz CT molecular complexity index is 687. The van der Waals surface area contributed by atoms with Crippen molar-refractivity contribution in [1.29, 1.82) is 0 Å². The summed E-state index contributed by atoms with van der Waals surface area (Å²) >= 11 is 0. The maximum absolute atomic E-state index is 5.61. The lowest BCUT2D eigenvalue weighted by Gasteiger charge is -2.14. The minimum atomic E-state index is -0.0947. The minimum Gasteiger partial charge on any atom is -0.496 e. The number of hydrogen-bond acceptors (Lipinski definition) is 5. The molecule has 0 N–H and O–H groups in total. The van der Waals surface area contributed by atoms with Crippen LogP contribution < -0.4 is 14.2 Å². The fourth-order valence-corrected chi connectivity index (χ4v) is 2.66. The standard InChI is InChI=1S/C18H19NO4/c1-20-13-9-16(21-2)18(17(10-13)22-3)14-11-15(23-19-14)12-7-5-4-6-8-12/h4-10,15H,11H2,1-3H3. The molecule has 120 valence electrons. The summed E-state index contributed by atoms with van der Waals surface area (Å²) in [4.78, 5) is 5.61. The van der Waals surface area contributed by atoms with Crippen LogP contribution in [-0.2, 0) is 4.84 Å². The molecule has 5 nitrogen and oxygen atoms in total. The zero-order valence-electron chi connectivity index (χ0n) is 13.4. The summed E-state index contributed by atoms with van der Waals surface area (Å²) in [6.07, 6.45) is 0.561. The number of rotatable bonds is 5. The molecule has 2 aromatic carbocycles. The molecule has 3 rings (SSSR count). The Labute approximate surface area is 135 Å². The van der Waals surface area contributed by atoms with E-state index >= 15 is 0 Å². The molecule has 0 fully saturated rings. The predicted octanol–water partition coefficient (Wildman–Crippen LogP) is 3.58. The van der Waals surface area contributed by atoms with Crippen molar-refractivity contribution in [1.82, 2.24) is 0 Å². The molecule has 0 aromatic heterocycles. The molecular formula is C18H19NO4. The largest absolute Gasteiger partial charge is 0.496 e. The van der Waals surface area contributed by atoms with E-state index in [1.54, 1.807) is 21.3 Å². The zero-order chi connectivity index (χ0) is 16.2. The van der Waals surface area contributed by atoms with Gasteiger partial charge < -0.3 is 19.0 Å². The highest BCUT2D eigenvalue weighted by atomic mass is 16.6. The van der Waals surface area contributed by atoms with E-state index in [1.807, 2.05) is 42.5 Å². The zero-order valence-corrected chi connectivity index (χ0v) is 13.4. The van der Waals surface area contributed by atoms with Crippen molar-refractivity contribution in [3.05, 3.63) is 53.6 Å². The first-order valence-electron chi connectivity index (χ1n) is 7.34.